The molecule has 0 aromatic rings. The van der Waals surface area contributed by atoms with Crippen molar-refractivity contribution in [2.45, 2.75) is 50.7 Å². The van der Waals surface area contributed by atoms with Crippen LogP contribution in [-0.4, -0.2) is 43.3 Å². The summed E-state index contributed by atoms with van der Waals surface area (Å²) in [6.45, 7) is 5.20. The lowest BCUT2D eigenvalue weighted by molar-refractivity contribution is 0.0406. The predicted molar refractivity (Wildman–Crippen MR) is 68.5 cm³/mol. The highest BCUT2D eigenvalue weighted by atomic mass is 16.5. The van der Waals surface area contributed by atoms with Crippen molar-refractivity contribution in [2.24, 2.45) is 5.73 Å². The number of nitrogens with two attached hydrogens (primary N) is 1. The quantitative estimate of drug-likeness (QED) is 0.714. The summed E-state index contributed by atoms with van der Waals surface area (Å²) in [5.41, 5.74) is 5.13. The number of piperidine rings is 1. The SMILES string of the molecule is COC1CCN(CCCCC(C)(N)C#N)CC1. The van der Waals surface area contributed by atoms with Gasteiger partial charge in [-0.25, -0.2) is 0 Å². The topological polar surface area (TPSA) is 62.3 Å². The molecule has 0 saturated carbocycles. The first kappa shape index (κ1) is 14.4. The van der Waals surface area contributed by atoms with Crippen molar-refractivity contribution in [2.75, 3.05) is 26.7 Å². The van der Waals surface area contributed by atoms with Crippen molar-refractivity contribution in [3.63, 3.8) is 0 Å². The van der Waals surface area contributed by atoms with Crippen LogP contribution in [0, 0.1) is 11.3 Å². The van der Waals surface area contributed by atoms with Gasteiger partial charge < -0.3 is 15.4 Å². The van der Waals surface area contributed by atoms with Crippen LogP contribution in [0.1, 0.15) is 39.0 Å². The van der Waals surface area contributed by atoms with Gasteiger partial charge in [0.05, 0.1) is 12.2 Å². The third kappa shape index (κ3) is 5.49. The summed E-state index contributed by atoms with van der Waals surface area (Å²) >= 11 is 0. The maximum absolute atomic E-state index is 8.80. The Morgan fingerprint density at radius 1 is 1.41 bits per heavy atom. The van der Waals surface area contributed by atoms with Gasteiger partial charge in [0.1, 0.15) is 5.54 Å². The Kier molecular flexibility index (Phi) is 5.90. The Morgan fingerprint density at radius 3 is 2.59 bits per heavy atom. The van der Waals surface area contributed by atoms with Crippen LogP contribution >= 0.6 is 0 Å². The van der Waals surface area contributed by atoms with E-state index in [1.54, 1.807) is 14.0 Å². The molecule has 0 aliphatic carbocycles. The number of nitrogens with zero attached hydrogens (tertiary/aromatic N) is 2. The van der Waals surface area contributed by atoms with E-state index in [1.165, 1.54) is 0 Å². The van der Waals surface area contributed by atoms with Gasteiger partial charge in [-0.3, -0.25) is 0 Å². The smallest absolute Gasteiger partial charge is 0.101 e. The molecule has 2 N–H and O–H groups in total. The summed E-state index contributed by atoms with van der Waals surface area (Å²) in [7, 11) is 1.80. The average Bonchev–Trinajstić information content (AvgIpc) is 2.35. The number of hydrogen-bond donors (Lipinski definition) is 1. The molecule has 1 saturated heterocycles. The first-order chi connectivity index (χ1) is 8.07. The maximum Gasteiger partial charge on any atom is 0.101 e. The number of likely N-dealkylation sites (tertiary alicyclic amines) is 1. The second kappa shape index (κ2) is 6.95. The van der Waals surface area contributed by atoms with Crippen molar-refractivity contribution < 1.29 is 4.74 Å². The molecule has 1 aliphatic heterocycles. The third-order valence-corrected chi connectivity index (χ3v) is 3.54. The summed E-state index contributed by atoms with van der Waals surface area (Å²) in [5, 5.41) is 8.80. The van der Waals surface area contributed by atoms with E-state index in [0.29, 0.717) is 6.10 Å². The van der Waals surface area contributed by atoms with Crippen LogP contribution in [0.15, 0.2) is 0 Å². The zero-order valence-corrected chi connectivity index (χ0v) is 11.1. The van der Waals surface area contributed by atoms with E-state index in [9.17, 15) is 0 Å². The highest BCUT2D eigenvalue weighted by Crippen LogP contribution is 2.15. The van der Waals surface area contributed by atoms with Crippen molar-refractivity contribution in [1.29, 1.82) is 5.26 Å². The molecule has 1 fully saturated rings. The maximum atomic E-state index is 8.80. The molecule has 1 unspecified atom stereocenters. The van der Waals surface area contributed by atoms with Gasteiger partial charge in [-0.15, -0.1) is 0 Å². The minimum absolute atomic E-state index is 0.456. The average molecular weight is 239 g/mol. The molecule has 0 aromatic carbocycles. The lowest BCUT2D eigenvalue weighted by atomic mass is 9.98. The first-order valence-corrected chi connectivity index (χ1v) is 6.52. The molecule has 0 spiro atoms. The van der Waals surface area contributed by atoms with Crippen LogP contribution in [0.2, 0.25) is 0 Å². The molecule has 1 rings (SSSR count). The molecular formula is C13H25N3O. The summed E-state index contributed by atoms with van der Waals surface area (Å²) < 4.78 is 5.35. The predicted octanol–water partition coefficient (Wildman–Crippen LogP) is 1.51. The molecule has 1 heterocycles. The largest absolute Gasteiger partial charge is 0.381 e. The monoisotopic (exact) mass is 239 g/mol. The van der Waals surface area contributed by atoms with Gasteiger partial charge in [-0.1, -0.05) is 0 Å². The van der Waals surface area contributed by atoms with E-state index in [-0.39, 0.29) is 0 Å². The van der Waals surface area contributed by atoms with Gasteiger partial charge in [0.25, 0.3) is 0 Å². The number of methoxy groups -OCH3 is 1. The number of nitriles is 1. The van der Waals surface area contributed by atoms with E-state index in [2.05, 4.69) is 11.0 Å². The fraction of sp³-hybridized carbons (Fsp3) is 0.923. The minimum atomic E-state index is -0.650. The van der Waals surface area contributed by atoms with E-state index in [1.807, 2.05) is 0 Å². The molecule has 0 radical (unpaired) electrons. The van der Waals surface area contributed by atoms with Gasteiger partial charge in [-0.2, -0.15) is 5.26 Å². The zero-order valence-electron chi connectivity index (χ0n) is 11.1. The van der Waals surface area contributed by atoms with E-state index in [4.69, 9.17) is 15.7 Å². The van der Waals surface area contributed by atoms with E-state index in [0.717, 1.165) is 51.7 Å². The highest BCUT2D eigenvalue weighted by Gasteiger charge is 2.19. The molecule has 1 atom stereocenters. The van der Waals surface area contributed by atoms with Crippen LogP contribution < -0.4 is 5.73 Å². The fourth-order valence-corrected chi connectivity index (χ4v) is 2.25. The van der Waals surface area contributed by atoms with Gasteiger partial charge >= 0.3 is 0 Å². The number of ether oxygens (including phenoxy) is 1. The molecule has 1 aliphatic rings. The lowest BCUT2D eigenvalue weighted by Crippen LogP contribution is -2.37. The summed E-state index contributed by atoms with van der Waals surface area (Å²) in [4.78, 5) is 2.48. The first-order valence-electron chi connectivity index (χ1n) is 6.52. The molecule has 98 valence electrons. The van der Waals surface area contributed by atoms with Crippen LogP contribution in [0.5, 0.6) is 0 Å². The molecular weight excluding hydrogens is 214 g/mol. The Bertz CT molecular complexity index is 252. The normalized spacial score (nSPS) is 22.0. The van der Waals surface area contributed by atoms with Crippen LogP contribution in [-0.2, 0) is 4.74 Å². The fourth-order valence-electron chi connectivity index (χ4n) is 2.25. The van der Waals surface area contributed by atoms with E-state index < -0.39 is 5.54 Å². The molecule has 4 nitrogen and oxygen atoms in total. The molecule has 17 heavy (non-hydrogen) atoms. The summed E-state index contributed by atoms with van der Waals surface area (Å²) in [6, 6.07) is 2.14. The van der Waals surface area contributed by atoms with E-state index >= 15 is 0 Å². The Morgan fingerprint density at radius 2 is 2.06 bits per heavy atom. The highest BCUT2D eigenvalue weighted by molar-refractivity contribution is 5.00. The van der Waals surface area contributed by atoms with Gasteiger partial charge in [0.15, 0.2) is 0 Å². The van der Waals surface area contributed by atoms with Crippen molar-refractivity contribution in [1.82, 2.24) is 4.90 Å². The zero-order chi connectivity index (χ0) is 12.7. The van der Waals surface area contributed by atoms with Crippen molar-refractivity contribution >= 4 is 0 Å². The number of hydrogen-bond acceptors (Lipinski definition) is 4. The lowest BCUT2D eigenvalue weighted by Gasteiger charge is -2.31. The number of rotatable bonds is 6. The van der Waals surface area contributed by atoms with Crippen LogP contribution in [0.3, 0.4) is 0 Å². The van der Waals surface area contributed by atoms with Crippen molar-refractivity contribution in [3.05, 3.63) is 0 Å². The Hall–Kier alpha value is -0.630. The standard InChI is InChI=1S/C13H25N3O/c1-13(15,11-14)7-3-4-8-16-9-5-12(17-2)6-10-16/h12H,3-10,15H2,1-2H3. The Labute approximate surface area is 105 Å². The molecule has 0 aromatic heterocycles. The van der Waals surface area contributed by atoms with Crippen LogP contribution in [0.25, 0.3) is 0 Å². The van der Waals surface area contributed by atoms with Gasteiger partial charge in [0.2, 0.25) is 0 Å². The van der Waals surface area contributed by atoms with Gasteiger partial charge in [0, 0.05) is 20.2 Å². The van der Waals surface area contributed by atoms with Crippen molar-refractivity contribution in [3.8, 4) is 6.07 Å². The van der Waals surface area contributed by atoms with Gasteiger partial charge in [-0.05, 0) is 45.6 Å². The summed E-state index contributed by atoms with van der Waals surface area (Å²) in [6.07, 6.45) is 5.69. The number of unbranched alkanes of at least 4 members (excludes halogenated alkanes) is 1. The molecule has 0 amide bonds. The second-order valence-electron chi connectivity index (χ2n) is 5.26. The summed E-state index contributed by atoms with van der Waals surface area (Å²) in [5.74, 6) is 0. The Balaban J connectivity index is 2.07. The molecule has 0 bridgehead atoms. The third-order valence-electron chi connectivity index (χ3n) is 3.54. The molecule has 4 heteroatoms. The van der Waals surface area contributed by atoms with Crippen LogP contribution in [0.4, 0.5) is 0 Å². The second-order valence-corrected chi connectivity index (χ2v) is 5.26. The minimum Gasteiger partial charge on any atom is -0.381 e.